The van der Waals surface area contributed by atoms with Crippen molar-refractivity contribution in [3.8, 4) is 5.88 Å². The van der Waals surface area contributed by atoms with Gasteiger partial charge in [0, 0.05) is 19.7 Å². The smallest absolute Gasteiger partial charge is 0.233 e. The molecule has 1 aromatic heterocycles. The van der Waals surface area contributed by atoms with E-state index in [1.807, 2.05) is 12.1 Å². The number of nitrogens with one attached hydrogen (secondary N) is 2. The molecule has 0 aliphatic carbocycles. The van der Waals surface area contributed by atoms with Crippen LogP contribution in [0.4, 0.5) is 0 Å². The first-order chi connectivity index (χ1) is 7.26. The number of carbonyl (C=O) groups is 1. The summed E-state index contributed by atoms with van der Waals surface area (Å²) in [6, 6.07) is 5.52. The molecular formula is C10H15N3O2. The molecule has 0 saturated carbocycles. The normalized spacial score (nSPS) is 9.73. The number of amides is 1. The van der Waals surface area contributed by atoms with Crippen LogP contribution < -0.4 is 15.4 Å². The minimum atomic E-state index is -0.0436. The van der Waals surface area contributed by atoms with Gasteiger partial charge in [-0.2, -0.15) is 0 Å². The molecule has 1 amide bonds. The highest BCUT2D eigenvalue weighted by Crippen LogP contribution is 2.05. The molecule has 0 aliphatic heterocycles. The quantitative estimate of drug-likeness (QED) is 0.712. The van der Waals surface area contributed by atoms with Crippen LogP contribution >= 0.6 is 0 Å². The molecular weight excluding hydrogens is 194 g/mol. The number of nitrogens with zero attached hydrogens (tertiary/aromatic N) is 1. The first-order valence-electron chi connectivity index (χ1n) is 4.67. The van der Waals surface area contributed by atoms with Crippen LogP contribution in [0.3, 0.4) is 0 Å². The highest BCUT2D eigenvalue weighted by atomic mass is 16.5. The van der Waals surface area contributed by atoms with Gasteiger partial charge in [-0.15, -0.1) is 0 Å². The van der Waals surface area contributed by atoms with E-state index in [1.54, 1.807) is 20.2 Å². The lowest BCUT2D eigenvalue weighted by atomic mass is 10.3. The fourth-order valence-electron chi connectivity index (χ4n) is 1.06. The van der Waals surface area contributed by atoms with E-state index in [0.717, 1.165) is 5.69 Å². The third-order valence-electron chi connectivity index (χ3n) is 1.86. The van der Waals surface area contributed by atoms with Crippen LogP contribution in [0.15, 0.2) is 18.2 Å². The van der Waals surface area contributed by atoms with E-state index in [-0.39, 0.29) is 12.5 Å². The molecule has 82 valence electrons. The number of carbonyl (C=O) groups excluding carboxylic acids is 1. The van der Waals surface area contributed by atoms with Gasteiger partial charge in [0.1, 0.15) is 0 Å². The predicted molar refractivity (Wildman–Crippen MR) is 56.6 cm³/mol. The summed E-state index contributed by atoms with van der Waals surface area (Å²) in [6.07, 6.45) is 0. The highest BCUT2D eigenvalue weighted by Gasteiger charge is 1.99. The van der Waals surface area contributed by atoms with Gasteiger partial charge in [-0.05, 0) is 6.07 Å². The Bertz CT molecular complexity index is 328. The monoisotopic (exact) mass is 209 g/mol. The number of aromatic nitrogens is 1. The third kappa shape index (κ3) is 3.95. The van der Waals surface area contributed by atoms with Crippen molar-refractivity contribution in [3.05, 3.63) is 23.9 Å². The van der Waals surface area contributed by atoms with Gasteiger partial charge in [0.2, 0.25) is 11.8 Å². The van der Waals surface area contributed by atoms with Gasteiger partial charge in [0.25, 0.3) is 0 Å². The van der Waals surface area contributed by atoms with Crippen molar-refractivity contribution in [2.75, 3.05) is 20.7 Å². The lowest BCUT2D eigenvalue weighted by Crippen LogP contribution is -2.31. The Morgan fingerprint density at radius 3 is 3.00 bits per heavy atom. The van der Waals surface area contributed by atoms with Crippen LogP contribution in [-0.2, 0) is 11.3 Å². The maximum Gasteiger partial charge on any atom is 0.233 e. The topological polar surface area (TPSA) is 63.2 Å². The summed E-state index contributed by atoms with van der Waals surface area (Å²) < 4.78 is 4.99. The molecule has 0 aromatic carbocycles. The number of likely N-dealkylation sites (N-methyl/N-ethyl adjacent to an activating group) is 1. The van der Waals surface area contributed by atoms with Crippen LogP contribution in [0, 0.1) is 0 Å². The Morgan fingerprint density at radius 1 is 1.53 bits per heavy atom. The summed E-state index contributed by atoms with van der Waals surface area (Å²) in [5, 5.41) is 5.50. The van der Waals surface area contributed by atoms with Crippen molar-refractivity contribution in [3.63, 3.8) is 0 Å². The number of methoxy groups -OCH3 is 1. The van der Waals surface area contributed by atoms with Crippen LogP contribution in [0.5, 0.6) is 5.88 Å². The Morgan fingerprint density at radius 2 is 2.33 bits per heavy atom. The second-order valence-corrected chi connectivity index (χ2v) is 2.95. The molecule has 2 N–H and O–H groups in total. The molecule has 0 spiro atoms. The summed E-state index contributed by atoms with van der Waals surface area (Å²) in [5.41, 5.74) is 0.846. The zero-order chi connectivity index (χ0) is 11.1. The second kappa shape index (κ2) is 5.98. The van der Waals surface area contributed by atoms with E-state index in [1.165, 1.54) is 0 Å². The van der Waals surface area contributed by atoms with Crippen molar-refractivity contribution >= 4 is 5.91 Å². The molecule has 0 aliphatic rings. The van der Waals surface area contributed by atoms with E-state index in [9.17, 15) is 4.79 Å². The Labute approximate surface area is 88.9 Å². The summed E-state index contributed by atoms with van der Waals surface area (Å²) in [5.74, 6) is 0.534. The highest BCUT2D eigenvalue weighted by molar-refractivity contribution is 5.77. The summed E-state index contributed by atoms with van der Waals surface area (Å²) >= 11 is 0. The van der Waals surface area contributed by atoms with E-state index in [2.05, 4.69) is 15.6 Å². The lowest BCUT2D eigenvalue weighted by Gasteiger charge is -2.04. The number of ether oxygens (including phenoxy) is 1. The number of rotatable bonds is 5. The molecule has 0 atom stereocenters. The molecule has 0 unspecified atom stereocenters. The molecule has 5 heteroatoms. The van der Waals surface area contributed by atoms with Crippen LogP contribution in [0.2, 0.25) is 0 Å². The average molecular weight is 209 g/mol. The molecule has 1 heterocycles. The third-order valence-corrected chi connectivity index (χ3v) is 1.86. The average Bonchev–Trinajstić information content (AvgIpc) is 2.29. The van der Waals surface area contributed by atoms with Gasteiger partial charge in [-0.25, -0.2) is 4.98 Å². The first kappa shape index (κ1) is 11.5. The minimum absolute atomic E-state index is 0.0436. The molecule has 0 saturated heterocycles. The fourth-order valence-corrected chi connectivity index (χ4v) is 1.06. The number of hydrogen-bond acceptors (Lipinski definition) is 4. The number of pyridine rings is 1. The number of hydrogen-bond donors (Lipinski definition) is 2. The second-order valence-electron chi connectivity index (χ2n) is 2.95. The Hall–Kier alpha value is -1.62. The maximum absolute atomic E-state index is 10.9. The molecule has 0 radical (unpaired) electrons. The summed E-state index contributed by atoms with van der Waals surface area (Å²) in [4.78, 5) is 15.1. The van der Waals surface area contributed by atoms with Crippen LogP contribution in [0.25, 0.3) is 0 Å². The zero-order valence-corrected chi connectivity index (χ0v) is 8.91. The zero-order valence-electron chi connectivity index (χ0n) is 8.91. The predicted octanol–water partition coefficient (Wildman–Crippen LogP) is -0.0742. The maximum atomic E-state index is 10.9. The van der Waals surface area contributed by atoms with Gasteiger partial charge in [-0.1, -0.05) is 6.07 Å². The molecule has 0 bridgehead atoms. The fraction of sp³-hybridized carbons (Fsp3) is 0.400. The molecule has 1 aromatic rings. The molecule has 0 fully saturated rings. The van der Waals surface area contributed by atoms with Crippen molar-refractivity contribution < 1.29 is 9.53 Å². The van der Waals surface area contributed by atoms with Gasteiger partial charge in [0.15, 0.2) is 0 Å². The van der Waals surface area contributed by atoms with Crippen LogP contribution in [-0.4, -0.2) is 31.6 Å². The van der Waals surface area contributed by atoms with E-state index in [0.29, 0.717) is 12.4 Å². The van der Waals surface area contributed by atoms with E-state index < -0.39 is 0 Å². The molecule has 5 nitrogen and oxygen atoms in total. The SMILES string of the molecule is CNC(=O)CNCc1cccc(OC)n1. The van der Waals surface area contributed by atoms with E-state index in [4.69, 9.17) is 4.74 Å². The molecule has 1 rings (SSSR count). The largest absolute Gasteiger partial charge is 0.481 e. The van der Waals surface area contributed by atoms with Gasteiger partial charge in [0.05, 0.1) is 19.3 Å². The van der Waals surface area contributed by atoms with E-state index >= 15 is 0 Å². The summed E-state index contributed by atoms with van der Waals surface area (Å²) in [6.45, 7) is 0.833. The lowest BCUT2D eigenvalue weighted by molar-refractivity contribution is -0.119. The van der Waals surface area contributed by atoms with Crippen LogP contribution in [0.1, 0.15) is 5.69 Å². The van der Waals surface area contributed by atoms with Crippen molar-refractivity contribution in [2.24, 2.45) is 0 Å². The van der Waals surface area contributed by atoms with Gasteiger partial charge in [-0.3, -0.25) is 4.79 Å². The molecule has 15 heavy (non-hydrogen) atoms. The first-order valence-corrected chi connectivity index (χ1v) is 4.67. The Kier molecular flexibility index (Phi) is 4.56. The van der Waals surface area contributed by atoms with Gasteiger partial charge >= 0.3 is 0 Å². The minimum Gasteiger partial charge on any atom is -0.481 e. The van der Waals surface area contributed by atoms with Crippen molar-refractivity contribution in [2.45, 2.75) is 6.54 Å². The summed E-state index contributed by atoms with van der Waals surface area (Å²) in [7, 11) is 3.18. The van der Waals surface area contributed by atoms with Gasteiger partial charge < -0.3 is 15.4 Å². The van der Waals surface area contributed by atoms with Crippen molar-refractivity contribution in [1.29, 1.82) is 0 Å². The standard InChI is InChI=1S/C10H15N3O2/c1-11-9(14)7-12-6-8-4-3-5-10(13-8)15-2/h3-5,12H,6-7H2,1-2H3,(H,11,14). The Balaban J connectivity index is 2.40. The van der Waals surface area contributed by atoms with Crippen molar-refractivity contribution in [1.82, 2.24) is 15.6 Å².